The number of hydrogen-bond acceptors (Lipinski definition) is 16. The Balaban J connectivity index is 1.22. The molecule has 2 N–H and O–H groups in total. The molecule has 0 spiro atoms. The average Bonchev–Trinajstić information content (AvgIpc) is 1.51. The number of nitrogens with one attached hydrogen (secondary N) is 2. The zero-order valence-electron chi connectivity index (χ0n) is 61.2. The third-order valence-electron chi connectivity index (χ3n) is 19.7. The fourth-order valence-corrected chi connectivity index (χ4v) is 14.2. The van der Waals surface area contributed by atoms with E-state index in [4.69, 9.17) is 77.8 Å². The second-order valence-corrected chi connectivity index (χ2v) is 27.1. The van der Waals surface area contributed by atoms with Crippen LogP contribution in [0, 0.1) is 0 Å². The van der Waals surface area contributed by atoms with Crippen molar-refractivity contribution < 1.29 is 37.9 Å². The standard InChI is InChI=1S/C86H92N10O8/c1-9-17-39-97-71-55-35-29-37-87-69(55)77(103-45-23-15-7)67-65(71)83-91-79-61-62(74(100-42-20-12-4)58-48-52-32-26-25-31-51(52)47-57(58)73(61)99-41-19-11-3)80(89-79)92-84-66-68(78(104-46-24-16-8)70-56(36-30-38-88-70)72(66)98-40-18-10-2)86(96-84)94-82-64-63(81(90-82)93-85(67)95-83)75(101-43-21-13-5)59-49-53-33-27-28-34-54(53)50-60(59)76(64)102-44-22-14-6/h25-38,47-50H,9-24,39-46H2,1-8H3,(H2,89,90,91,92,93,94,95,96). The van der Waals surface area contributed by atoms with Crippen LogP contribution in [0.2, 0.25) is 0 Å². The summed E-state index contributed by atoms with van der Waals surface area (Å²) in [5.41, 5.74) is 5.24. The van der Waals surface area contributed by atoms with Crippen LogP contribution >= 0.6 is 0 Å². The molecule has 0 atom stereocenters. The van der Waals surface area contributed by atoms with Crippen molar-refractivity contribution >= 4 is 109 Å². The topological polar surface area (TPSA) is 209 Å². The first-order valence-electron chi connectivity index (χ1n) is 38.1. The third kappa shape index (κ3) is 12.8. The van der Waals surface area contributed by atoms with Crippen LogP contribution in [0.25, 0.3) is 155 Å². The van der Waals surface area contributed by atoms with Crippen LogP contribution in [0.1, 0.15) is 158 Å². The molecular formula is C86H92N10O8. The summed E-state index contributed by atoms with van der Waals surface area (Å²) in [4.78, 5) is 53.2. The molecule has 0 aliphatic carbocycles. The van der Waals surface area contributed by atoms with Gasteiger partial charge >= 0.3 is 0 Å². The molecule has 2 aliphatic heterocycles. The van der Waals surface area contributed by atoms with Gasteiger partial charge in [-0.15, -0.1) is 0 Å². The predicted molar refractivity (Wildman–Crippen MR) is 420 cm³/mol. The summed E-state index contributed by atoms with van der Waals surface area (Å²) in [5, 5.41) is 11.5. The highest BCUT2D eigenvalue weighted by atomic mass is 16.5. The maximum atomic E-state index is 7.30. The molecule has 0 saturated carbocycles. The first-order chi connectivity index (χ1) is 51.3. The van der Waals surface area contributed by atoms with E-state index in [1.165, 1.54) is 0 Å². The van der Waals surface area contributed by atoms with E-state index in [1.807, 2.05) is 24.3 Å². The van der Waals surface area contributed by atoms with Crippen LogP contribution in [0.5, 0.6) is 46.0 Å². The number of aromatic amines is 2. The van der Waals surface area contributed by atoms with Crippen LogP contribution in [0.4, 0.5) is 0 Å². The summed E-state index contributed by atoms with van der Waals surface area (Å²) >= 11 is 0. The summed E-state index contributed by atoms with van der Waals surface area (Å²) in [6.45, 7) is 20.6. The molecule has 18 nitrogen and oxygen atoms in total. The number of hydrogen-bond donors (Lipinski definition) is 2. The van der Waals surface area contributed by atoms with E-state index in [0.717, 1.165) is 157 Å². The predicted octanol–water partition coefficient (Wildman–Crippen LogP) is 22.0. The minimum absolute atomic E-state index is 0.311. The smallest absolute Gasteiger partial charge is 0.168 e. The van der Waals surface area contributed by atoms with Gasteiger partial charge < -0.3 is 47.9 Å². The van der Waals surface area contributed by atoms with Gasteiger partial charge in [0.25, 0.3) is 0 Å². The van der Waals surface area contributed by atoms with Crippen molar-refractivity contribution in [3.05, 3.63) is 109 Å². The highest BCUT2D eigenvalue weighted by Gasteiger charge is 2.37. The summed E-state index contributed by atoms with van der Waals surface area (Å²) in [7, 11) is 0. The molecule has 8 aromatic carbocycles. The quantitative estimate of drug-likeness (QED) is 0.0297. The SMILES string of the molecule is CCCCOc1c2c(c(OCCCC)c3cc4ccccc4cc13)-c1nc-2nc2[nH]c(nc3nc(nc4[nH]c(n1)c1c(OCCCC)c5cccnc5c(OCCCC)c41)-c1c-3c(OCCCC)c3cc4ccccc4cc3c1OCCCC)c1c(OCCCC)c3ncccc3c(OCCCC)c21. The number of H-pyrrole nitrogens is 2. The molecule has 0 unspecified atom stereocenters. The van der Waals surface area contributed by atoms with Gasteiger partial charge in [0.1, 0.15) is 68.1 Å². The van der Waals surface area contributed by atoms with Crippen molar-refractivity contribution in [1.82, 2.24) is 49.8 Å². The van der Waals surface area contributed by atoms with Gasteiger partial charge in [-0.2, -0.15) is 0 Å². The minimum Gasteiger partial charge on any atom is -0.492 e. The Morgan fingerprint density at radius 3 is 0.760 bits per heavy atom. The lowest BCUT2D eigenvalue weighted by molar-refractivity contribution is 0.308. The molecule has 0 fully saturated rings. The van der Waals surface area contributed by atoms with E-state index >= 15 is 0 Å². The highest BCUT2D eigenvalue weighted by Crippen LogP contribution is 2.57. The molecule has 13 aromatic rings. The minimum atomic E-state index is 0.311. The van der Waals surface area contributed by atoms with E-state index in [-0.39, 0.29) is 0 Å². The second kappa shape index (κ2) is 31.1. The maximum Gasteiger partial charge on any atom is 0.168 e. The number of benzene rings is 8. The van der Waals surface area contributed by atoms with Gasteiger partial charge in [0.15, 0.2) is 34.8 Å². The van der Waals surface area contributed by atoms with Crippen LogP contribution in [-0.2, 0) is 0 Å². The highest BCUT2D eigenvalue weighted by molar-refractivity contribution is 6.23. The molecule has 15 rings (SSSR count). The van der Waals surface area contributed by atoms with Crippen molar-refractivity contribution in [2.75, 3.05) is 52.9 Å². The van der Waals surface area contributed by atoms with Crippen molar-refractivity contribution in [2.45, 2.75) is 158 Å². The second-order valence-electron chi connectivity index (χ2n) is 27.1. The number of unbranched alkanes of at least 4 members (excludes halogenated alkanes) is 8. The van der Waals surface area contributed by atoms with Crippen molar-refractivity contribution in [3.63, 3.8) is 0 Å². The average molecular weight is 1390 g/mol. The Labute approximate surface area is 605 Å². The van der Waals surface area contributed by atoms with Crippen molar-refractivity contribution in [3.8, 4) is 91.5 Å². The summed E-state index contributed by atoms with van der Waals surface area (Å²) in [5.74, 6) is 5.84. The van der Waals surface area contributed by atoms with Gasteiger partial charge in [0, 0.05) is 44.7 Å². The molecule has 104 heavy (non-hydrogen) atoms. The number of ether oxygens (including phenoxy) is 8. The Bertz CT molecular complexity index is 4910. The zero-order valence-corrected chi connectivity index (χ0v) is 61.2. The summed E-state index contributed by atoms with van der Waals surface area (Å²) in [6, 6.07) is 33.7. The third-order valence-corrected chi connectivity index (χ3v) is 19.7. The Hall–Kier alpha value is -10.6. The first-order valence-corrected chi connectivity index (χ1v) is 38.1. The lowest BCUT2D eigenvalue weighted by Crippen LogP contribution is -2.04. The molecule has 2 aliphatic rings. The van der Waals surface area contributed by atoms with Crippen LogP contribution in [-0.4, -0.2) is 103 Å². The van der Waals surface area contributed by atoms with Crippen LogP contribution in [0.3, 0.4) is 0 Å². The van der Waals surface area contributed by atoms with Gasteiger partial charge in [-0.05, 0) is 121 Å². The largest absolute Gasteiger partial charge is 0.492 e. The monoisotopic (exact) mass is 1390 g/mol. The fourth-order valence-electron chi connectivity index (χ4n) is 14.2. The first kappa shape index (κ1) is 69.1. The Morgan fingerprint density at radius 1 is 0.260 bits per heavy atom. The molecule has 8 bridgehead atoms. The van der Waals surface area contributed by atoms with E-state index in [0.29, 0.717) is 200 Å². The Morgan fingerprint density at radius 2 is 0.500 bits per heavy atom. The normalized spacial score (nSPS) is 12.0. The molecule has 534 valence electrons. The molecular weight excluding hydrogens is 1300 g/mol. The van der Waals surface area contributed by atoms with Gasteiger partial charge in [0.05, 0.1) is 96.7 Å². The summed E-state index contributed by atoms with van der Waals surface area (Å²) in [6.07, 6.45) is 17.1. The van der Waals surface area contributed by atoms with E-state index in [1.54, 1.807) is 12.4 Å². The molecule has 7 heterocycles. The maximum absolute atomic E-state index is 7.30. The van der Waals surface area contributed by atoms with E-state index in [2.05, 4.69) is 138 Å². The molecule has 0 amide bonds. The molecule has 0 saturated heterocycles. The fraction of sp³-hybridized carbons (Fsp3) is 0.372. The number of nitrogens with zero attached hydrogens (tertiary/aromatic N) is 8. The number of fused-ring (bicyclic) bond motifs is 26. The van der Waals surface area contributed by atoms with Gasteiger partial charge in [-0.1, -0.05) is 155 Å². The lowest BCUT2D eigenvalue weighted by atomic mass is 9.95. The lowest BCUT2D eigenvalue weighted by Gasteiger charge is -2.19. The van der Waals surface area contributed by atoms with Gasteiger partial charge in [-0.25, -0.2) is 29.9 Å². The number of rotatable bonds is 32. The number of aromatic nitrogens is 10. The van der Waals surface area contributed by atoms with Gasteiger partial charge in [0.2, 0.25) is 0 Å². The van der Waals surface area contributed by atoms with Crippen LogP contribution < -0.4 is 37.9 Å². The summed E-state index contributed by atoms with van der Waals surface area (Å²) < 4.78 is 57.9. The van der Waals surface area contributed by atoms with E-state index in [9.17, 15) is 0 Å². The van der Waals surface area contributed by atoms with Crippen molar-refractivity contribution in [2.24, 2.45) is 0 Å². The molecule has 18 heteroatoms. The number of pyridine rings is 2. The van der Waals surface area contributed by atoms with E-state index < -0.39 is 0 Å². The van der Waals surface area contributed by atoms with Crippen LogP contribution in [0.15, 0.2) is 109 Å². The molecule has 0 radical (unpaired) electrons. The van der Waals surface area contributed by atoms with Gasteiger partial charge in [-0.3, -0.25) is 9.97 Å². The zero-order chi connectivity index (χ0) is 71.2. The van der Waals surface area contributed by atoms with Crippen molar-refractivity contribution in [1.29, 1.82) is 0 Å². The molecule has 5 aromatic heterocycles. The Kier molecular flexibility index (Phi) is 20.7.